The van der Waals surface area contributed by atoms with Crippen LogP contribution in [0, 0.1) is 5.82 Å². The zero-order valence-corrected chi connectivity index (χ0v) is 15.4. The molecule has 26 heavy (non-hydrogen) atoms. The summed E-state index contributed by atoms with van der Waals surface area (Å²) in [6, 6.07) is 4.35. The van der Waals surface area contributed by atoms with Crippen LogP contribution in [0.2, 0.25) is 6.32 Å². The third kappa shape index (κ3) is 5.56. The van der Waals surface area contributed by atoms with Crippen molar-refractivity contribution in [3.63, 3.8) is 0 Å². The molecule has 2 N–H and O–H groups in total. The molecule has 1 aromatic carbocycles. The standard InChI is InChI=1S/C20H26BFO4/c1-4-15(11-16-5-7-19(23)18(22)12-16)6-8-20-17(14(2)13-25-3)9-10-21(24)26-20/h5,7,9,11-12,20,23-24H,2,4,6,8,10,13H2,1,3H3/b15-11+. The van der Waals surface area contributed by atoms with E-state index in [-0.39, 0.29) is 11.9 Å². The van der Waals surface area contributed by atoms with Gasteiger partial charge >= 0.3 is 7.12 Å². The highest BCUT2D eigenvalue weighted by Crippen LogP contribution is 2.28. The maximum absolute atomic E-state index is 13.5. The van der Waals surface area contributed by atoms with Crippen LogP contribution in [0.4, 0.5) is 4.39 Å². The Bertz CT molecular complexity index is 699. The van der Waals surface area contributed by atoms with E-state index in [0.717, 1.165) is 29.6 Å². The van der Waals surface area contributed by atoms with E-state index in [1.165, 1.54) is 12.1 Å². The molecule has 0 amide bonds. The van der Waals surface area contributed by atoms with E-state index in [4.69, 9.17) is 9.39 Å². The fraction of sp³-hybridized carbons (Fsp3) is 0.400. The average molecular weight is 360 g/mol. The Kier molecular flexibility index (Phi) is 7.63. The Labute approximate surface area is 154 Å². The highest BCUT2D eigenvalue weighted by Gasteiger charge is 2.28. The highest BCUT2D eigenvalue weighted by atomic mass is 19.1. The quantitative estimate of drug-likeness (QED) is 0.685. The molecule has 0 spiro atoms. The van der Waals surface area contributed by atoms with Crippen molar-refractivity contribution in [2.75, 3.05) is 13.7 Å². The van der Waals surface area contributed by atoms with Crippen LogP contribution in [0.5, 0.6) is 5.75 Å². The van der Waals surface area contributed by atoms with E-state index in [2.05, 4.69) is 6.58 Å². The average Bonchev–Trinajstić information content (AvgIpc) is 2.61. The fourth-order valence-electron chi connectivity index (χ4n) is 3.05. The predicted molar refractivity (Wildman–Crippen MR) is 102 cm³/mol. The number of phenolic OH excluding ortho intramolecular Hbond substituents is 1. The van der Waals surface area contributed by atoms with Crippen molar-refractivity contribution < 1.29 is 23.9 Å². The largest absolute Gasteiger partial charge is 0.505 e. The zero-order valence-electron chi connectivity index (χ0n) is 15.4. The molecule has 1 aromatic rings. The second-order valence-electron chi connectivity index (χ2n) is 6.42. The molecule has 0 aliphatic carbocycles. The van der Waals surface area contributed by atoms with Crippen molar-refractivity contribution in [1.82, 2.24) is 0 Å². The summed E-state index contributed by atoms with van der Waals surface area (Å²) < 4.78 is 24.4. The van der Waals surface area contributed by atoms with E-state index in [1.54, 1.807) is 13.2 Å². The number of benzene rings is 1. The molecule has 140 valence electrons. The Balaban J connectivity index is 2.08. The molecule has 0 fully saturated rings. The molecule has 0 saturated carbocycles. The van der Waals surface area contributed by atoms with Crippen LogP contribution in [-0.4, -0.2) is 37.1 Å². The molecule has 0 saturated heterocycles. The number of halogens is 1. The first-order chi connectivity index (χ1) is 12.4. The van der Waals surface area contributed by atoms with E-state index >= 15 is 0 Å². The minimum absolute atomic E-state index is 0.243. The molecule has 1 aliphatic heterocycles. The molecule has 1 heterocycles. The van der Waals surface area contributed by atoms with E-state index in [9.17, 15) is 14.5 Å². The number of phenols is 1. The van der Waals surface area contributed by atoms with Gasteiger partial charge < -0.3 is 19.5 Å². The number of methoxy groups -OCH3 is 1. The first-order valence-electron chi connectivity index (χ1n) is 8.83. The van der Waals surface area contributed by atoms with Crippen LogP contribution in [-0.2, 0) is 9.39 Å². The van der Waals surface area contributed by atoms with Crippen molar-refractivity contribution in [1.29, 1.82) is 0 Å². The summed E-state index contributed by atoms with van der Waals surface area (Å²) in [6.07, 6.45) is 6.33. The maximum Gasteiger partial charge on any atom is 0.458 e. The lowest BCUT2D eigenvalue weighted by molar-refractivity contribution is 0.176. The topological polar surface area (TPSA) is 58.9 Å². The lowest BCUT2D eigenvalue weighted by Crippen LogP contribution is -2.32. The van der Waals surface area contributed by atoms with E-state index < -0.39 is 12.9 Å². The van der Waals surface area contributed by atoms with Crippen molar-refractivity contribution >= 4 is 13.2 Å². The molecule has 2 rings (SSSR count). The van der Waals surface area contributed by atoms with Crippen LogP contribution in [0.15, 0.2) is 47.6 Å². The first kappa shape index (κ1) is 20.4. The van der Waals surface area contributed by atoms with Gasteiger partial charge in [0.2, 0.25) is 0 Å². The third-order valence-electron chi connectivity index (χ3n) is 4.46. The van der Waals surface area contributed by atoms with Gasteiger partial charge in [0.25, 0.3) is 0 Å². The Hall–Kier alpha value is -1.89. The smallest absolute Gasteiger partial charge is 0.458 e. The van der Waals surface area contributed by atoms with E-state index in [0.29, 0.717) is 24.9 Å². The SMILES string of the molecule is C=C(COC)C1=CCB(O)OC1CC/C(=C/c1ccc(O)c(F)c1)CC. The monoisotopic (exact) mass is 360 g/mol. The van der Waals surface area contributed by atoms with Crippen molar-refractivity contribution in [2.24, 2.45) is 0 Å². The van der Waals surface area contributed by atoms with Crippen molar-refractivity contribution in [3.8, 4) is 5.75 Å². The number of rotatable bonds is 8. The van der Waals surface area contributed by atoms with Gasteiger partial charge in [0.15, 0.2) is 11.6 Å². The second kappa shape index (κ2) is 9.71. The summed E-state index contributed by atoms with van der Waals surface area (Å²) in [6.45, 7) is 6.50. The normalized spacial score (nSPS) is 18.0. The molecule has 4 nitrogen and oxygen atoms in total. The lowest BCUT2D eigenvalue weighted by Gasteiger charge is -2.28. The third-order valence-corrected chi connectivity index (χ3v) is 4.46. The molecule has 1 aliphatic rings. The maximum atomic E-state index is 13.5. The molecule has 1 unspecified atom stereocenters. The molecule has 0 bridgehead atoms. The van der Waals surface area contributed by atoms with Gasteiger partial charge in [-0.25, -0.2) is 4.39 Å². The lowest BCUT2D eigenvalue weighted by atomic mass is 9.78. The van der Waals surface area contributed by atoms with Crippen molar-refractivity contribution in [3.05, 3.63) is 59.0 Å². The predicted octanol–water partition coefficient (Wildman–Crippen LogP) is 4.11. The summed E-state index contributed by atoms with van der Waals surface area (Å²) in [5.41, 5.74) is 3.67. The molecule has 0 aromatic heterocycles. The van der Waals surface area contributed by atoms with Gasteiger partial charge in [0.1, 0.15) is 0 Å². The molecule has 1 atom stereocenters. The van der Waals surface area contributed by atoms with Crippen LogP contribution in [0.3, 0.4) is 0 Å². The fourth-order valence-corrected chi connectivity index (χ4v) is 3.05. The molecular weight excluding hydrogens is 334 g/mol. The Morgan fingerprint density at radius 2 is 2.27 bits per heavy atom. The van der Waals surface area contributed by atoms with Gasteiger partial charge in [-0.1, -0.05) is 37.3 Å². The van der Waals surface area contributed by atoms with Crippen molar-refractivity contribution in [2.45, 2.75) is 38.6 Å². The molecular formula is C20H26BFO4. The number of aromatic hydroxyl groups is 1. The van der Waals surface area contributed by atoms with E-state index in [1.807, 2.05) is 19.1 Å². The first-order valence-corrected chi connectivity index (χ1v) is 8.83. The number of hydrogen-bond donors (Lipinski definition) is 2. The van der Waals surface area contributed by atoms with Gasteiger partial charge in [-0.3, -0.25) is 0 Å². The molecule has 6 heteroatoms. The van der Waals surface area contributed by atoms with Gasteiger partial charge in [-0.15, -0.1) is 0 Å². The minimum atomic E-state index is -0.806. The van der Waals surface area contributed by atoms with Gasteiger partial charge in [-0.2, -0.15) is 0 Å². The van der Waals surface area contributed by atoms with Gasteiger partial charge in [0, 0.05) is 13.4 Å². The number of allylic oxidation sites excluding steroid dienone is 2. The van der Waals surface area contributed by atoms with Crippen LogP contribution in [0.1, 0.15) is 31.7 Å². The zero-order chi connectivity index (χ0) is 19.1. The number of ether oxygens (including phenoxy) is 1. The van der Waals surface area contributed by atoms with Crippen LogP contribution < -0.4 is 0 Å². The second-order valence-corrected chi connectivity index (χ2v) is 6.42. The van der Waals surface area contributed by atoms with Crippen LogP contribution >= 0.6 is 0 Å². The highest BCUT2D eigenvalue weighted by molar-refractivity contribution is 6.43. The molecule has 0 radical (unpaired) electrons. The summed E-state index contributed by atoms with van der Waals surface area (Å²) in [7, 11) is 0.813. The number of hydrogen-bond acceptors (Lipinski definition) is 4. The summed E-state index contributed by atoms with van der Waals surface area (Å²) in [4.78, 5) is 0. The summed E-state index contributed by atoms with van der Waals surface area (Å²) >= 11 is 0. The minimum Gasteiger partial charge on any atom is -0.505 e. The summed E-state index contributed by atoms with van der Waals surface area (Å²) in [5.74, 6) is -0.981. The summed E-state index contributed by atoms with van der Waals surface area (Å²) in [5, 5.41) is 19.1. The van der Waals surface area contributed by atoms with Gasteiger partial charge in [-0.05, 0) is 48.1 Å². The van der Waals surface area contributed by atoms with Gasteiger partial charge in [0.05, 0.1) is 12.7 Å². The van der Waals surface area contributed by atoms with Crippen LogP contribution in [0.25, 0.3) is 6.08 Å². The Morgan fingerprint density at radius 1 is 1.50 bits per heavy atom. The Morgan fingerprint density at radius 3 is 2.92 bits per heavy atom.